The molecule has 1 aromatic heterocycles. The highest BCUT2D eigenvalue weighted by Gasteiger charge is 2.28. The number of nitrogens with one attached hydrogen (secondary N) is 2. The van der Waals surface area contributed by atoms with E-state index in [1.165, 1.54) is 0 Å². The second-order valence-electron chi connectivity index (χ2n) is 4.13. The molecule has 1 aliphatic heterocycles. The standard InChI is InChI=1S/C11H14N4/c1-11(5-6-13-8-11)15-10-4-2-3-9(7-12)14-10/h2-4,13H,5-6,8H2,1H3,(H,14,15). The van der Waals surface area contributed by atoms with E-state index in [2.05, 4.69) is 22.5 Å². The predicted octanol–water partition coefficient (Wildman–Crippen LogP) is 1.12. The Morgan fingerprint density at radius 3 is 3.13 bits per heavy atom. The molecule has 1 saturated heterocycles. The fraction of sp³-hybridized carbons (Fsp3) is 0.455. The maximum atomic E-state index is 8.73. The van der Waals surface area contributed by atoms with Gasteiger partial charge in [-0.05, 0) is 32.0 Å². The maximum absolute atomic E-state index is 8.73. The van der Waals surface area contributed by atoms with E-state index >= 15 is 0 Å². The van der Waals surface area contributed by atoms with Gasteiger partial charge in [-0.25, -0.2) is 4.98 Å². The fourth-order valence-electron chi connectivity index (χ4n) is 1.80. The second kappa shape index (κ2) is 3.87. The predicted molar refractivity (Wildman–Crippen MR) is 58.5 cm³/mol. The number of hydrogen-bond donors (Lipinski definition) is 2. The molecule has 0 amide bonds. The van der Waals surface area contributed by atoms with E-state index in [1.54, 1.807) is 6.07 Å². The number of nitrogens with zero attached hydrogens (tertiary/aromatic N) is 2. The van der Waals surface area contributed by atoms with Crippen LogP contribution in [0.1, 0.15) is 19.0 Å². The Balaban J connectivity index is 2.13. The maximum Gasteiger partial charge on any atom is 0.142 e. The Morgan fingerprint density at radius 1 is 1.60 bits per heavy atom. The zero-order chi connectivity index (χ0) is 10.7. The molecule has 2 heterocycles. The topological polar surface area (TPSA) is 60.7 Å². The van der Waals surface area contributed by atoms with Crippen molar-refractivity contribution in [3.05, 3.63) is 23.9 Å². The molecule has 1 aromatic rings. The molecule has 1 aliphatic rings. The van der Waals surface area contributed by atoms with Gasteiger partial charge in [0, 0.05) is 12.1 Å². The van der Waals surface area contributed by atoms with Gasteiger partial charge < -0.3 is 10.6 Å². The van der Waals surface area contributed by atoms with E-state index in [9.17, 15) is 0 Å². The van der Waals surface area contributed by atoms with E-state index in [-0.39, 0.29) is 5.54 Å². The largest absolute Gasteiger partial charge is 0.364 e. The molecule has 1 atom stereocenters. The smallest absolute Gasteiger partial charge is 0.142 e. The molecular weight excluding hydrogens is 188 g/mol. The number of rotatable bonds is 2. The molecule has 4 nitrogen and oxygen atoms in total. The minimum absolute atomic E-state index is 0.0566. The lowest BCUT2D eigenvalue weighted by molar-refractivity contribution is 0.564. The van der Waals surface area contributed by atoms with Crippen LogP contribution >= 0.6 is 0 Å². The van der Waals surface area contributed by atoms with Crippen molar-refractivity contribution in [3.8, 4) is 6.07 Å². The van der Waals surface area contributed by atoms with Crippen LogP contribution in [0.25, 0.3) is 0 Å². The van der Waals surface area contributed by atoms with Gasteiger partial charge in [0.1, 0.15) is 17.6 Å². The van der Waals surface area contributed by atoms with Gasteiger partial charge in [-0.3, -0.25) is 0 Å². The highest BCUT2D eigenvalue weighted by atomic mass is 15.1. The van der Waals surface area contributed by atoms with Crippen molar-refractivity contribution in [2.24, 2.45) is 0 Å². The van der Waals surface area contributed by atoms with Crippen molar-refractivity contribution in [2.45, 2.75) is 18.9 Å². The number of pyridine rings is 1. The zero-order valence-electron chi connectivity index (χ0n) is 8.75. The third-order valence-corrected chi connectivity index (χ3v) is 2.66. The third kappa shape index (κ3) is 2.25. The van der Waals surface area contributed by atoms with Crippen molar-refractivity contribution < 1.29 is 0 Å². The molecule has 1 fully saturated rings. The average molecular weight is 202 g/mol. The molecule has 0 radical (unpaired) electrons. The van der Waals surface area contributed by atoms with Gasteiger partial charge >= 0.3 is 0 Å². The van der Waals surface area contributed by atoms with Crippen molar-refractivity contribution in [3.63, 3.8) is 0 Å². The van der Waals surface area contributed by atoms with Gasteiger partial charge in [-0.1, -0.05) is 6.07 Å². The van der Waals surface area contributed by atoms with Crippen molar-refractivity contribution >= 4 is 5.82 Å². The van der Waals surface area contributed by atoms with Crippen LogP contribution in [0.15, 0.2) is 18.2 Å². The SMILES string of the molecule is CC1(Nc2cccc(C#N)n2)CCNC1. The lowest BCUT2D eigenvalue weighted by atomic mass is 10.0. The van der Waals surface area contributed by atoms with Gasteiger partial charge in [0.15, 0.2) is 0 Å². The molecular formula is C11H14N4. The first-order valence-electron chi connectivity index (χ1n) is 5.08. The van der Waals surface area contributed by atoms with Gasteiger partial charge in [-0.15, -0.1) is 0 Å². The Morgan fingerprint density at radius 2 is 2.47 bits per heavy atom. The normalized spacial score (nSPS) is 24.8. The monoisotopic (exact) mass is 202 g/mol. The highest BCUT2D eigenvalue weighted by Crippen LogP contribution is 2.19. The summed E-state index contributed by atoms with van der Waals surface area (Å²) in [5.74, 6) is 0.778. The molecule has 4 heteroatoms. The van der Waals surface area contributed by atoms with Gasteiger partial charge in [0.05, 0.1) is 0 Å². The van der Waals surface area contributed by atoms with Crippen LogP contribution in [-0.4, -0.2) is 23.6 Å². The lowest BCUT2D eigenvalue weighted by Gasteiger charge is -2.25. The summed E-state index contributed by atoms with van der Waals surface area (Å²) in [5.41, 5.74) is 0.510. The Hall–Kier alpha value is -1.60. The molecule has 0 aromatic carbocycles. The molecule has 78 valence electrons. The van der Waals surface area contributed by atoms with E-state index in [1.807, 2.05) is 18.2 Å². The molecule has 0 spiro atoms. The van der Waals surface area contributed by atoms with E-state index in [0.29, 0.717) is 5.69 Å². The van der Waals surface area contributed by atoms with Gasteiger partial charge in [0.2, 0.25) is 0 Å². The lowest BCUT2D eigenvalue weighted by Crippen LogP contribution is -2.37. The quantitative estimate of drug-likeness (QED) is 0.754. The first-order valence-corrected chi connectivity index (χ1v) is 5.08. The van der Waals surface area contributed by atoms with Crippen LogP contribution < -0.4 is 10.6 Å². The first kappa shape index (κ1) is 9.94. The summed E-state index contributed by atoms with van der Waals surface area (Å²) in [5, 5.41) is 15.4. The minimum Gasteiger partial charge on any atom is -0.364 e. The third-order valence-electron chi connectivity index (χ3n) is 2.66. The van der Waals surface area contributed by atoms with Crippen LogP contribution in [0.3, 0.4) is 0 Å². The molecule has 0 saturated carbocycles. The summed E-state index contributed by atoms with van der Waals surface area (Å²) in [6.07, 6.45) is 1.07. The van der Waals surface area contributed by atoms with E-state index in [0.717, 1.165) is 25.3 Å². The summed E-state index contributed by atoms with van der Waals surface area (Å²) in [6, 6.07) is 7.49. The summed E-state index contributed by atoms with van der Waals surface area (Å²) < 4.78 is 0. The summed E-state index contributed by atoms with van der Waals surface area (Å²) in [7, 11) is 0. The van der Waals surface area contributed by atoms with E-state index < -0.39 is 0 Å². The van der Waals surface area contributed by atoms with Gasteiger partial charge in [0.25, 0.3) is 0 Å². The van der Waals surface area contributed by atoms with Crippen LogP contribution in [0.4, 0.5) is 5.82 Å². The molecule has 1 unspecified atom stereocenters. The fourth-order valence-corrected chi connectivity index (χ4v) is 1.80. The van der Waals surface area contributed by atoms with Crippen LogP contribution in [0.2, 0.25) is 0 Å². The number of anilines is 1. The molecule has 15 heavy (non-hydrogen) atoms. The first-order chi connectivity index (χ1) is 7.22. The average Bonchev–Trinajstić information content (AvgIpc) is 2.65. The van der Waals surface area contributed by atoms with Crippen molar-refractivity contribution in [1.82, 2.24) is 10.3 Å². The van der Waals surface area contributed by atoms with Crippen LogP contribution in [0, 0.1) is 11.3 Å². The minimum atomic E-state index is 0.0566. The van der Waals surface area contributed by atoms with Crippen LogP contribution in [0.5, 0.6) is 0 Å². The highest BCUT2D eigenvalue weighted by molar-refractivity contribution is 5.41. The van der Waals surface area contributed by atoms with Gasteiger partial charge in [-0.2, -0.15) is 5.26 Å². The summed E-state index contributed by atoms with van der Waals surface area (Å²) in [6.45, 7) is 4.13. The van der Waals surface area contributed by atoms with Crippen molar-refractivity contribution in [1.29, 1.82) is 5.26 Å². The summed E-state index contributed by atoms with van der Waals surface area (Å²) >= 11 is 0. The molecule has 2 N–H and O–H groups in total. The molecule has 2 rings (SSSR count). The van der Waals surface area contributed by atoms with Crippen LogP contribution in [-0.2, 0) is 0 Å². The Kier molecular flexibility index (Phi) is 2.57. The summed E-state index contributed by atoms with van der Waals surface area (Å²) in [4.78, 5) is 4.20. The second-order valence-corrected chi connectivity index (χ2v) is 4.13. The Bertz CT molecular complexity index is 388. The number of nitriles is 1. The zero-order valence-corrected chi connectivity index (χ0v) is 8.75. The Labute approximate surface area is 89.3 Å². The number of hydrogen-bond acceptors (Lipinski definition) is 4. The van der Waals surface area contributed by atoms with E-state index in [4.69, 9.17) is 5.26 Å². The molecule has 0 bridgehead atoms. The van der Waals surface area contributed by atoms with Crippen molar-refractivity contribution in [2.75, 3.05) is 18.4 Å². The number of aromatic nitrogens is 1. The molecule has 0 aliphatic carbocycles.